The van der Waals surface area contributed by atoms with Crippen molar-refractivity contribution in [3.05, 3.63) is 68.8 Å². The number of rotatable bonds is 4. The lowest BCUT2D eigenvalue weighted by Crippen LogP contribution is -2.38. The quantitative estimate of drug-likeness (QED) is 0.558. The zero-order chi connectivity index (χ0) is 19.7. The van der Waals surface area contributed by atoms with Crippen molar-refractivity contribution in [3.63, 3.8) is 0 Å². The molecular weight excluding hydrogens is 423 g/mol. The van der Waals surface area contributed by atoms with Crippen molar-refractivity contribution in [2.24, 2.45) is 0 Å². The first-order chi connectivity index (χ1) is 13.5. The van der Waals surface area contributed by atoms with Crippen molar-refractivity contribution < 1.29 is 14.1 Å². The largest absolute Gasteiger partial charge is 0.482 e. The highest BCUT2D eigenvalue weighted by Crippen LogP contribution is 2.32. The van der Waals surface area contributed by atoms with Crippen LogP contribution in [0.3, 0.4) is 0 Å². The van der Waals surface area contributed by atoms with Crippen LogP contribution < -0.4 is 4.74 Å². The normalized spacial score (nSPS) is 13.3. The smallest absolute Gasteiger partial charge is 0.260 e. The number of carbonyl (C=O) groups is 1. The second-order valence-corrected chi connectivity index (χ2v) is 7.65. The van der Waals surface area contributed by atoms with Crippen LogP contribution in [0.5, 0.6) is 5.75 Å². The van der Waals surface area contributed by atoms with Crippen molar-refractivity contribution in [3.8, 4) is 17.1 Å². The molecule has 0 radical (unpaired) electrons. The van der Waals surface area contributed by atoms with Crippen molar-refractivity contribution >= 4 is 40.7 Å². The van der Waals surface area contributed by atoms with Gasteiger partial charge in [0.2, 0.25) is 0 Å². The second kappa shape index (κ2) is 8.03. The van der Waals surface area contributed by atoms with E-state index in [0.29, 0.717) is 46.1 Å². The number of benzene rings is 2. The van der Waals surface area contributed by atoms with Gasteiger partial charge in [-0.2, -0.15) is 0 Å². The number of nitrogens with zero attached hydrogens (tertiary/aromatic N) is 2. The molecule has 0 spiro atoms. The molecule has 28 heavy (non-hydrogen) atoms. The van der Waals surface area contributed by atoms with Gasteiger partial charge in [0.1, 0.15) is 5.75 Å². The molecule has 0 atom stereocenters. The van der Waals surface area contributed by atoms with E-state index in [1.807, 2.05) is 12.1 Å². The fourth-order valence-corrected chi connectivity index (χ4v) is 3.53. The summed E-state index contributed by atoms with van der Waals surface area (Å²) < 4.78 is 11.1. The molecule has 0 aliphatic carbocycles. The molecule has 0 N–H and O–H groups in total. The van der Waals surface area contributed by atoms with E-state index in [-0.39, 0.29) is 12.5 Å². The molecule has 0 saturated carbocycles. The van der Waals surface area contributed by atoms with Gasteiger partial charge in [-0.25, -0.2) is 0 Å². The summed E-state index contributed by atoms with van der Waals surface area (Å²) in [5.74, 6) is 0.889. The Bertz CT molecular complexity index is 1020. The van der Waals surface area contributed by atoms with Crippen LogP contribution in [-0.2, 0) is 17.8 Å². The maximum atomic E-state index is 12.6. The van der Waals surface area contributed by atoms with E-state index in [0.717, 1.165) is 16.8 Å². The molecule has 1 aromatic heterocycles. The second-order valence-electron chi connectivity index (χ2n) is 6.37. The predicted molar refractivity (Wildman–Crippen MR) is 108 cm³/mol. The first-order valence-corrected chi connectivity index (χ1v) is 9.73. The molecule has 1 amide bonds. The molecule has 8 heteroatoms. The van der Waals surface area contributed by atoms with E-state index < -0.39 is 0 Å². The van der Waals surface area contributed by atoms with E-state index in [2.05, 4.69) is 5.16 Å². The first kappa shape index (κ1) is 19.1. The Kier molecular flexibility index (Phi) is 5.49. The minimum absolute atomic E-state index is 0.128. The number of ether oxygens (including phenoxy) is 1. The van der Waals surface area contributed by atoms with Crippen molar-refractivity contribution in [2.45, 2.75) is 13.0 Å². The Morgan fingerprint density at radius 3 is 2.64 bits per heavy atom. The lowest BCUT2D eigenvalue weighted by atomic mass is 10.0. The van der Waals surface area contributed by atoms with Crippen LogP contribution in [0.1, 0.15) is 11.3 Å². The van der Waals surface area contributed by atoms with Gasteiger partial charge in [-0.3, -0.25) is 4.79 Å². The minimum Gasteiger partial charge on any atom is -0.482 e. The zero-order valence-corrected chi connectivity index (χ0v) is 16.9. The average Bonchev–Trinajstić information content (AvgIpc) is 3.12. The van der Waals surface area contributed by atoms with Gasteiger partial charge in [-0.1, -0.05) is 40.0 Å². The monoisotopic (exact) mass is 436 g/mol. The predicted octanol–water partition coefficient (Wildman–Crippen LogP) is 5.27. The van der Waals surface area contributed by atoms with Gasteiger partial charge < -0.3 is 14.2 Å². The van der Waals surface area contributed by atoms with E-state index >= 15 is 0 Å². The van der Waals surface area contributed by atoms with Gasteiger partial charge in [-0.15, -0.1) is 0 Å². The topological polar surface area (TPSA) is 55.6 Å². The van der Waals surface area contributed by atoms with Crippen LogP contribution in [-0.4, -0.2) is 29.1 Å². The van der Waals surface area contributed by atoms with Gasteiger partial charge in [-0.05, 0) is 36.4 Å². The van der Waals surface area contributed by atoms with Crippen molar-refractivity contribution in [1.29, 1.82) is 0 Å². The van der Waals surface area contributed by atoms with E-state index in [9.17, 15) is 4.79 Å². The standard InChI is InChI=1S/C20H15Cl3N2O3/c21-13-3-1-12(2-4-13)20-15-10-25(8-7-17(15)24-28-20)19(26)11-27-18-9-14(22)5-6-16(18)23/h1-6,9H,7-8,10-11H2. The Balaban J connectivity index is 1.47. The third-order valence-electron chi connectivity index (χ3n) is 4.54. The number of hydrogen-bond donors (Lipinski definition) is 0. The summed E-state index contributed by atoms with van der Waals surface area (Å²) >= 11 is 18.0. The maximum absolute atomic E-state index is 12.6. The van der Waals surface area contributed by atoms with Gasteiger partial charge >= 0.3 is 0 Å². The number of hydrogen-bond acceptors (Lipinski definition) is 4. The van der Waals surface area contributed by atoms with Gasteiger partial charge in [0.15, 0.2) is 12.4 Å². The summed E-state index contributed by atoms with van der Waals surface area (Å²) in [6.07, 6.45) is 0.621. The van der Waals surface area contributed by atoms with Gasteiger partial charge in [0.05, 0.1) is 17.3 Å². The van der Waals surface area contributed by atoms with Crippen LogP contribution in [0, 0.1) is 0 Å². The lowest BCUT2D eigenvalue weighted by molar-refractivity contribution is -0.134. The molecule has 2 heterocycles. The fourth-order valence-electron chi connectivity index (χ4n) is 3.07. The summed E-state index contributed by atoms with van der Waals surface area (Å²) in [4.78, 5) is 14.4. The summed E-state index contributed by atoms with van der Waals surface area (Å²) in [7, 11) is 0. The highest BCUT2D eigenvalue weighted by atomic mass is 35.5. The highest BCUT2D eigenvalue weighted by Gasteiger charge is 2.27. The van der Waals surface area contributed by atoms with Gasteiger partial charge in [0, 0.05) is 40.2 Å². The number of halogens is 3. The number of carbonyl (C=O) groups excluding carboxylic acids is 1. The number of aromatic nitrogens is 1. The van der Waals surface area contributed by atoms with Crippen LogP contribution in [0.25, 0.3) is 11.3 Å². The Labute approximate surface area is 176 Å². The average molecular weight is 438 g/mol. The van der Waals surface area contributed by atoms with Crippen LogP contribution >= 0.6 is 34.8 Å². The summed E-state index contributed by atoms with van der Waals surface area (Å²) in [5.41, 5.74) is 2.64. The van der Waals surface area contributed by atoms with Crippen molar-refractivity contribution in [2.75, 3.05) is 13.2 Å². The molecule has 2 aromatic carbocycles. The van der Waals surface area contributed by atoms with Gasteiger partial charge in [0.25, 0.3) is 5.91 Å². The first-order valence-electron chi connectivity index (χ1n) is 8.60. The minimum atomic E-state index is -0.148. The van der Waals surface area contributed by atoms with Crippen molar-refractivity contribution in [1.82, 2.24) is 10.1 Å². The maximum Gasteiger partial charge on any atom is 0.260 e. The zero-order valence-electron chi connectivity index (χ0n) is 14.6. The van der Waals surface area contributed by atoms with E-state index in [1.54, 1.807) is 35.2 Å². The Morgan fingerprint density at radius 2 is 1.86 bits per heavy atom. The number of fused-ring (bicyclic) bond motifs is 1. The summed E-state index contributed by atoms with van der Waals surface area (Å²) in [5, 5.41) is 5.70. The Hall–Kier alpha value is -2.21. The van der Waals surface area contributed by atoms with Crippen LogP contribution in [0.15, 0.2) is 47.0 Å². The van der Waals surface area contributed by atoms with E-state index in [4.69, 9.17) is 44.1 Å². The summed E-state index contributed by atoms with van der Waals surface area (Å²) in [6.45, 7) is 0.824. The summed E-state index contributed by atoms with van der Waals surface area (Å²) in [6, 6.07) is 12.2. The molecule has 4 rings (SSSR count). The van der Waals surface area contributed by atoms with E-state index in [1.165, 1.54) is 0 Å². The molecule has 0 saturated heterocycles. The lowest BCUT2D eigenvalue weighted by Gasteiger charge is -2.26. The highest BCUT2D eigenvalue weighted by molar-refractivity contribution is 6.34. The fraction of sp³-hybridized carbons (Fsp3) is 0.200. The number of amides is 1. The van der Waals surface area contributed by atoms with Crippen LogP contribution in [0.2, 0.25) is 15.1 Å². The molecular formula is C20H15Cl3N2O3. The molecule has 144 valence electrons. The molecule has 1 aliphatic heterocycles. The molecule has 5 nitrogen and oxygen atoms in total. The molecule has 3 aromatic rings. The molecule has 1 aliphatic rings. The third kappa shape index (κ3) is 3.97. The Morgan fingerprint density at radius 1 is 1.11 bits per heavy atom. The third-order valence-corrected chi connectivity index (χ3v) is 5.34. The SMILES string of the molecule is O=C(COc1cc(Cl)ccc1Cl)N1CCc2noc(-c3ccc(Cl)cc3)c2C1. The molecule has 0 fully saturated rings. The molecule has 0 unspecified atom stereocenters. The molecule has 0 bridgehead atoms. The van der Waals surface area contributed by atoms with Crippen LogP contribution in [0.4, 0.5) is 0 Å².